The van der Waals surface area contributed by atoms with Crippen molar-refractivity contribution < 1.29 is 9.53 Å². The molecule has 2 aromatic heterocycles. The summed E-state index contributed by atoms with van der Waals surface area (Å²) in [7, 11) is 0. The van der Waals surface area contributed by atoms with Crippen LogP contribution in [0.25, 0.3) is 5.69 Å². The highest BCUT2D eigenvalue weighted by atomic mass is 79.9. The zero-order valence-electron chi connectivity index (χ0n) is 16.1. The van der Waals surface area contributed by atoms with E-state index in [2.05, 4.69) is 36.3 Å². The van der Waals surface area contributed by atoms with Crippen molar-refractivity contribution in [2.45, 2.75) is 13.0 Å². The van der Waals surface area contributed by atoms with Crippen molar-refractivity contribution in [2.24, 2.45) is 0 Å². The lowest BCUT2D eigenvalue weighted by Gasteiger charge is -2.15. The summed E-state index contributed by atoms with van der Waals surface area (Å²) < 4.78 is 8.29. The molecule has 0 bridgehead atoms. The van der Waals surface area contributed by atoms with Crippen LogP contribution < -0.4 is 10.1 Å². The highest BCUT2D eigenvalue weighted by molar-refractivity contribution is 9.10. The molecule has 0 radical (unpaired) electrons. The van der Waals surface area contributed by atoms with Gasteiger partial charge in [-0.25, -0.2) is 14.6 Å². The number of halogens is 1. The molecule has 0 fully saturated rings. The Morgan fingerprint density at radius 3 is 2.63 bits per heavy atom. The molecule has 150 valence electrons. The van der Waals surface area contributed by atoms with Crippen LogP contribution in [0.1, 0.15) is 28.9 Å². The summed E-state index contributed by atoms with van der Waals surface area (Å²) in [5.41, 5.74) is 2.34. The maximum absolute atomic E-state index is 12.6. The summed E-state index contributed by atoms with van der Waals surface area (Å²) in [4.78, 5) is 20.7. The Hall–Kier alpha value is -3.52. The van der Waals surface area contributed by atoms with Crippen molar-refractivity contribution in [3.8, 4) is 17.3 Å². The number of amides is 1. The molecule has 4 aromatic rings. The van der Waals surface area contributed by atoms with Crippen LogP contribution in [0.2, 0.25) is 0 Å². The van der Waals surface area contributed by atoms with E-state index in [1.807, 2.05) is 55.5 Å². The van der Waals surface area contributed by atoms with Crippen molar-refractivity contribution in [1.82, 2.24) is 25.1 Å². The predicted molar refractivity (Wildman–Crippen MR) is 116 cm³/mol. The Labute approximate surface area is 181 Å². The maximum atomic E-state index is 12.6. The Kier molecular flexibility index (Phi) is 5.85. The number of hydrogen-bond acceptors (Lipinski definition) is 5. The lowest BCUT2D eigenvalue weighted by molar-refractivity contribution is 0.0939. The van der Waals surface area contributed by atoms with Crippen molar-refractivity contribution in [1.29, 1.82) is 0 Å². The fourth-order valence-corrected chi connectivity index (χ4v) is 3.23. The Morgan fingerprint density at radius 2 is 1.97 bits per heavy atom. The largest absolute Gasteiger partial charge is 0.439 e. The normalized spacial score (nSPS) is 11.7. The monoisotopic (exact) mass is 463 g/mol. The fourth-order valence-electron chi connectivity index (χ4n) is 2.85. The summed E-state index contributed by atoms with van der Waals surface area (Å²) in [5, 5.41) is 7.09. The van der Waals surface area contributed by atoms with Gasteiger partial charge in [0.1, 0.15) is 18.4 Å². The zero-order valence-corrected chi connectivity index (χ0v) is 17.7. The van der Waals surface area contributed by atoms with E-state index in [1.54, 1.807) is 23.1 Å². The third-order valence-electron chi connectivity index (χ3n) is 4.44. The quantitative estimate of drug-likeness (QED) is 0.447. The minimum Gasteiger partial charge on any atom is -0.439 e. The molecule has 2 aromatic carbocycles. The Morgan fingerprint density at radius 1 is 1.13 bits per heavy atom. The van der Waals surface area contributed by atoms with Gasteiger partial charge in [-0.1, -0.05) is 34.1 Å². The SMILES string of the molecule is CC(NC(=O)c1ccc(Oc2cccc(Br)c2)nc1)c1ccc(-n2cncn2)cc1. The molecule has 0 aliphatic heterocycles. The van der Waals surface area contributed by atoms with Crippen molar-refractivity contribution >= 4 is 21.8 Å². The van der Waals surface area contributed by atoms with E-state index >= 15 is 0 Å². The number of nitrogens with one attached hydrogen (secondary N) is 1. The molecule has 4 rings (SSSR count). The van der Waals surface area contributed by atoms with Gasteiger partial charge in [-0.2, -0.15) is 5.10 Å². The summed E-state index contributed by atoms with van der Waals surface area (Å²) in [6.07, 6.45) is 4.63. The maximum Gasteiger partial charge on any atom is 0.253 e. The number of hydrogen-bond donors (Lipinski definition) is 1. The van der Waals surface area contributed by atoms with E-state index in [0.29, 0.717) is 17.2 Å². The minimum atomic E-state index is -0.204. The third-order valence-corrected chi connectivity index (χ3v) is 4.93. The number of rotatable bonds is 6. The third kappa shape index (κ3) is 4.72. The predicted octanol–water partition coefficient (Wildman–Crippen LogP) is 4.71. The fraction of sp³-hybridized carbons (Fsp3) is 0.0909. The Bertz CT molecular complexity index is 1130. The van der Waals surface area contributed by atoms with Crippen LogP contribution in [0.5, 0.6) is 11.6 Å². The first-order valence-electron chi connectivity index (χ1n) is 9.24. The molecule has 30 heavy (non-hydrogen) atoms. The smallest absolute Gasteiger partial charge is 0.253 e. The molecule has 0 aliphatic carbocycles. The molecule has 0 aliphatic rings. The van der Waals surface area contributed by atoms with Crippen LogP contribution in [0.3, 0.4) is 0 Å². The highest BCUT2D eigenvalue weighted by Gasteiger charge is 2.12. The molecule has 0 spiro atoms. The second-order valence-corrected chi connectivity index (χ2v) is 7.49. The molecule has 8 heteroatoms. The van der Waals surface area contributed by atoms with E-state index in [0.717, 1.165) is 15.7 Å². The molecule has 1 N–H and O–H groups in total. The topological polar surface area (TPSA) is 81.9 Å². The van der Waals surface area contributed by atoms with Gasteiger partial charge in [0.25, 0.3) is 5.91 Å². The van der Waals surface area contributed by atoms with Gasteiger partial charge in [-0.15, -0.1) is 0 Å². The van der Waals surface area contributed by atoms with E-state index in [9.17, 15) is 4.79 Å². The standard InChI is InChI=1S/C22H18BrN5O2/c1-15(16-5-8-19(9-6-16)28-14-24-13-26-28)27-22(29)17-7-10-21(25-12-17)30-20-4-2-3-18(23)11-20/h2-15H,1H3,(H,27,29). The van der Waals surface area contributed by atoms with Crippen LogP contribution in [0, 0.1) is 0 Å². The summed E-state index contributed by atoms with van der Waals surface area (Å²) in [6, 6.07) is 18.4. The van der Waals surface area contributed by atoms with Crippen LogP contribution in [0.15, 0.2) is 84.0 Å². The van der Waals surface area contributed by atoms with E-state index in [-0.39, 0.29) is 11.9 Å². The van der Waals surface area contributed by atoms with Crippen LogP contribution >= 0.6 is 15.9 Å². The first kappa shape index (κ1) is 19.8. The number of ether oxygens (including phenoxy) is 1. The average Bonchev–Trinajstić information content (AvgIpc) is 3.29. The molecular formula is C22H18BrN5O2. The van der Waals surface area contributed by atoms with Gasteiger partial charge < -0.3 is 10.1 Å². The van der Waals surface area contributed by atoms with Gasteiger partial charge in [0, 0.05) is 16.7 Å². The number of aromatic nitrogens is 4. The van der Waals surface area contributed by atoms with Gasteiger partial charge in [0.15, 0.2) is 0 Å². The second-order valence-electron chi connectivity index (χ2n) is 6.57. The first-order valence-corrected chi connectivity index (χ1v) is 10.0. The number of benzene rings is 2. The summed E-state index contributed by atoms with van der Waals surface area (Å²) in [6.45, 7) is 1.93. The molecule has 0 saturated heterocycles. The average molecular weight is 464 g/mol. The lowest BCUT2D eigenvalue weighted by atomic mass is 10.1. The number of carbonyl (C=O) groups is 1. The van der Waals surface area contributed by atoms with Crippen molar-refractivity contribution in [3.63, 3.8) is 0 Å². The van der Waals surface area contributed by atoms with Crippen molar-refractivity contribution in [3.05, 3.63) is 95.1 Å². The van der Waals surface area contributed by atoms with E-state index in [4.69, 9.17) is 4.74 Å². The number of nitrogens with zero attached hydrogens (tertiary/aromatic N) is 4. The van der Waals surface area contributed by atoms with Gasteiger partial charge in [-0.05, 0) is 48.9 Å². The lowest BCUT2D eigenvalue weighted by Crippen LogP contribution is -2.26. The minimum absolute atomic E-state index is 0.167. The van der Waals surface area contributed by atoms with Crippen LogP contribution in [0.4, 0.5) is 0 Å². The Balaban J connectivity index is 1.38. The van der Waals surface area contributed by atoms with Gasteiger partial charge in [-0.3, -0.25) is 4.79 Å². The number of pyridine rings is 1. The molecule has 1 unspecified atom stereocenters. The van der Waals surface area contributed by atoms with Crippen molar-refractivity contribution in [2.75, 3.05) is 0 Å². The van der Waals surface area contributed by atoms with Crippen LogP contribution in [-0.2, 0) is 0 Å². The zero-order chi connectivity index (χ0) is 20.9. The molecule has 1 amide bonds. The van der Waals surface area contributed by atoms with Gasteiger partial charge in [0.2, 0.25) is 5.88 Å². The number of carbonyl (C=O) groups excluding carboxylic acids is 1. The molecule has 7 nitrogen and oxygen atoms in total. The van der Waals surface area contributed by atoms with E-state index in [1.165, 1.54) is 12.5 Å². The summed E-state index contributed by atoms with van der Waals surface area (Å²) in [5.74, 6) is 0.878. The van der Waals surface area contributed by atoms with E-state index < -0.39 is 0 Å². The second kappa shape index (κ2) is 8.87. The summed E-state index contributed by atoms with van der Waals surface area (Å²) >= 11 is 3.40. The molecule has 2 heterocycles. The highest BCUT2D eigenvalue weighted by Crippen LogP contribution is 2.23. The van der Waals surface area contributed by atoms with Gasteiger partial charge in [0.05, 0.1) is 17.3 Å². The molecule has 0 saturated carbocycles. The molecule has 1 atom stereocenters. The first-order chi connectivity index (χ1) is 14.6. The van der Waals surface area contributed by atoms with Gasteiger partial charge >= 0.3 is 0 Å². The van der Waals surface area contributed by atoms with Crippen LogP contribution in [-0.4, -0.2) is 25.7 Å². The molecular weight excluding hydrogens is 446 g/mol.